The predicted molar refractivity (Wildman–Crippen MR) is 178 cm³/mol. The molecule has 1 aliphatic carbocycles. The topological polar surface area (TPSA) is 91.2 Å². The fourth-order valence-electron chi connectivity index (χ4n) is 7.36. The fraction of sp³-hybridized carbons (Fsp3) is 0.459. The largest absolute Gasteiger partial charge is 0.508 e. The van der Waals surface area contributed by atoms with E-state index in [1.165, 1.54) is 18.2 Å². The van der Waals surface area contributed by atoms with E-state index in [2.05, 4.69) is 15.8 Å². The SMILES string of the molecule is C#Cc1cccc2cc(O)cc(-c3c(F)cc4c(N5CCC[C@@](C)(O)C5)nc(OCC5(CN6CCC(OC)CC6)CC5)nc4c3F)c12. The Labute approximate surface area is 273 Å². The van der Waals surface area contributed by atoms with Gasteiger partial charge in [-0.05, 0) is 75.1 Å². The third-order valence-corrected chi connectivity index (χ3v) is 10.1. The Balaban J connectivity index is 1.30. The Bertz CT molecular complexity index is 1880. The lowest BCUT2D eigenvalue weighted by atomic mass is 9.92. The first-order chi connectivity index (χ1) is 22.6. The molecule has 3 heterocycles. The fourth-order valence-corrected chi connectivity index (χ4v) is 7.36. The molecule has 7 rings (SSSR count). The monoisotopic (exact) mass is 642 g/mol. The summed E-state index contributed by atoms with van der Waals surface area (Å²) in [5.74, 6) is 1.02. The maximum Gasteiger partial charge on any atom is 0.319 e. The quantitative estimate of drug-likeness (QED) is 0.225. The summed E-state index contributed by atoms with van der Waals surface area (Å²) in [5, 5.41) is 22.7. The van der Waals surface area contributed by atoms with Crippen LogP contribution in [0.1, 0.15) is 51.0 Å². The van der Waals surface area contributed by atoms with Crippen LogP contribution < -0.4 is 9.64 Å². The summed E-state index contributed by atoms with van der Waals surface area (Å²) in [6.45, 7) is 5.75. The summed E-state index contributed by atoms with van der Waals surface area (Å²) >= 11 is 0. The first kappa shape index (κ1) is 31.6. The predicted octanol–water partition coefficient (Wildman–Crippen LogP) is 6.04. The molecule has 246 valence electrons. The van der Waals surface area contributed by atoms with Crippen molar-refractivity contribution in [2.24, 2.45) is 5.41 Å². The number of anilines is 1. The van der Waals surface area contributed by atoms with Gasteiger partial charge in [-0.15, -0.1) is 6.42 Å². The summed E-state index contributed by atoms with van der Waals surface area (Å²) in [4.78, 5) is 13.6. The van der Waals surface area contributed by atoms with Gasteiger partial charge in [-0.2, -0.15) is 9.97 Å². The van der Waals surface area contributed by atoms with Crippen molar-refractivity contribution in [2.75, 3.05) is 51.3 Å². The van der Waals surface area contributed by atoms with Crippen LogP contribution >= 0.6 is 0 Å². The summed E-state index contributed by atoms with van der Waals surface area (Å²) in [6.07, 6.45) is 11.4. The normalized spacial score (nSPS) is 21.7. The number of aromatic nitrogens is 2. The number of fused-ring (bicyclic) bond motifs is 2. The van der Waals surface area contributed by atoms with Gasteiger partial charge in [0.1, 0.15) is 22.9 Å². The minimum Gasteiger partial charge on any atom is -0.508 e. The number of ether oxygens (including phenoxy) is 2. The minimum absolute atomic E-state index is 0.00335. The highest BCUT2D eigenvalue weighted by Gasteiger charge is 2.45. The molecule has 0 bridgehead atoms. The second-order valence-electron chi connectivity index (χ2n) is 13.8. The molecule has 0 amide bonds. The molecular formula is C37H40F2N4O4. The summed E-state index contributed by atoms with van der Waals surface area (Å²) in [5.41, 5.74) is -0.906. The van der Waals surface area contributed by atoms with Crippen LogP contribution in [0.4, 0.5) is 14.6 Å². The number of β-amino-alcohol motifs (C(OH)–C–C–N with tert-alkyl or cyclic N) is 1. The Morgan fingerprint density at radius 3 is 2.57 bits per heavy atom. The van der Waals surface area contributed by atoms with E-state index in [-0.39, 0.29) is 45.7 Å². The van der Waals surface area contributed by atoms with Crippen LogP contribution in [0.25, 0.3) is 32.8 Å². The van der Waals surface area contributed by atoms with Crippen molar-refractivity contribution in [1.82, 2.24) is 14.9 Å². The molecule has 10 heteroatoms. The van der Waals surface area contributed by atoms with Crippen molar-refractivity contribution in [3.63, 3.8) is 0 Å². The number of aromatic hydroxyl groups is 1. The van der Waals surface area contributed by atoms with E-state index in [0.29, 0.717) is 54.3 Å². The summed E-state index contributed by atoms with van der Waals surface area (Å²) in [6, 6.07) is 9.24. The lowest BCUT2D eigenvalue weighted by Crippen LogP contribution is -2.46. The number of hydrogen-bond donors (Lipinski definition) is 2. The van der Waals surface area contributed by atoms with Crippen molar-refractivity contribution < 1.29 is 28.5 Å². The average Bonchev–Trinajstić information content (AvgIpc) is 3.82. The van der Waals surface area contributed by atoms with Crippen molar-refractivity contribution in [3.8, 4) is 35.2 Å². The van der Waals surface area contributed by atoms with Crippen molar-refractivity contribution in [1.29, 1.82) is 0 Å². The molecule has 1 saturated carbocycles. The third kappa shape index (κ3) is 6.20. The molecule has 1 atom stereocenters. The molecule has 3 aromatic carbocycles. The van der Waals surface area contributed by atoms with Gasteiger partial charge in [-0.3, -0.25) is 0 Å². The molecule has 4 aromatic rings. The summed E-state index contributed by atoms with van der Waals surface area (Å²) < 4.78 is 44.9. The van der Waals surface area contributed by atoms with Crippen LogP contribution in [-0.4, -0.2) is 83.2 Å². The average molecular weight is 643 g/mol. The number of phenols is 1. The number of methoxy groups -OCH3 is 1. The zero-order valence-corrected chi connectivity index (χ0v) is 26.9. The number of phenolic OH excluding ortho intramolecular Hbond substituents is 1. The van der Waals surface area contributed by atoms with E-state index >= 15 is 8.78 Å². The van der Waals surface area contributed by atoms with Gasteiger partial charge in [-0.25, -0.2) is 8.78 Å². The van der Waals surface area contributed by atoms with Crippen LogP contribution in [0.3, 0.4) is 0 Å². The first-order valence-electron chi connectivity index (χ1n) is 16.4. The number of benzene rings is 3. The van der Waals surface area contributed by atoms with E-state index in [1.807, 2.05) is 4.90 Å². The Morgan fingerprint density at radius 1 is 1.09 bits per heavy atom. The molecule has 0 spiro atoms. The number of aliphatic hydroxyl groups is 1. The van der Waals surface area contributed by atoms with Gasteiger partial charge >= 0.3 is 6.01 Å². The first-order valence-corrected chi connectivity index (χ1v) is 16.4. The highest BCUT2D eigenvalue weighted by atomic mass is 19.1. The molecule has 2 aliphatic heterocycles. The molecule has 1 aromatic heterocycles. The van der Waals surface area contributed by atoms with Crippen molar-refractivity contribution in [3.05, 3.63) is 53.6 Å². The zero-order valence-electron chi connectivity index (χ0n) is 26.9. The van der Waals surface area contributed by atoms with Gasteiger partial charge in [0, 0.05) is 67.1 Å². The van der Waals surface area contributed by atoms with E-state index in [4.69, 9.17) is 20.9 Å². The van der Waals surface area contributed by atoms with Gasteiger partial charge < -0.3 is 29.5 Å². The third-order valence-electron chi connectivity index (χ3n) is 10.1. The van der Waals surface area contributed by atoms with E-state index in [9.17, 15) is 10.2 Å². The van der Waals surface area contributed by atoms with Crippen LogP contribution in [0.5, 0.6) is 11.8 Å². The minimum atomic E-state index is -0.992. The Kier molecular flexibility index (Phi) is 8.19. The second-order valence-corrected chi connectivity index (χ2v) is 13.8. The molecule has 3 fully saturated rings. The molecule has 0 radical (unpaired) electrons. The second kappa shape index (κ2) is 12.2. The number of likely N-dealkylation sites (tertiary alicyclic amines) is 1. The van der Waals surface area contributed by atoms with Gasteiger partial charge in [0.25, 0.3) is 0 Å². The summed E-state index contributed by atoms with van der Waals surface area (Å²) in [7, 11) is 1.76. The molecule has 3 aliphatic rings. The van der Waals surface area contributed by atoms with E-state index < -0.39 is 17.2 Å². The number of hydrogen-bond acceptors (Lipinski definition) is 8. The van der Waals surface area contributed by atoms with Crippen molar-refractivity contribution in [2.45, 2.75) is 57.2 Å². The Hall–Kier alpha value is -4.04. The van der Waals surface area contributed by atoms with Gasteiger partial charge in [0.15, 0.2) is 5.82 Å². The van der Waals surface area contributed by atoms with Crippen LogP contribution in [0.2, 0.25) is 0 Å². The van der Waals surface area contributed by atoms with Gasteiger partial charge in [-0.1, -0.05) is 18.1 Å². The lowest BCUT2D eigenvalue weighted by Gasteiger charge is -2.38. The standard InChI is InChI=1S/C37H40F2N4O4/c1-4-23-7-5-8-24-17-25(44)18-27(30(23)24)31-29(38)19-28-33(32(31)39)40-35(41-34(28)43-14-6-11-36(2,45)20-43)47-22-37(12-13-37)21-42-15-9-26(46-3)10-16-42/h1,5,7-8,17-19,26,44-45H,6,9-16,20-22H2,2-3H3/t36-/m1/s1. The highest BCUT2D eigenvalue weighted by Crippen LogP contribution is 2.47. The lowest BCUT2D eigenvalue weighted by molar-refractivity contribution is 0.0312. The van der Waals surface area contributed by atoms with E-state index in [1.54, 1.807) is 32.2 Å². The number of rotatable bonds is 8. The maximum atomic E-state index is 16.8. The van der Waals surface area contributed by atoms with Crippen molar-refractivity contribution >= 4 is 27.5 Å². The van der Waals surface area contributed by atoms with Crippen LogP contribution in [-0.2, 0) is 4.74 Å². The smallest absolute Gasteiger partial charge is 0.319 e. The molecule has 0 unspecified atom stereocenters. The number of piperidine rings is 2. The zero-order chi connectivity index (χ0) is 32.9. The Morgan fingerprint density at radius 2 is 1.87 bits per heavy atom. The molecule has 2 saturated heterocycles. The van der Waals surface area contributed by atoms with E-state index in [0.717, 1.165) is 45.3 Å². The van der Waals surface area contributed by atoms with Gasteiger partial charge in [0.2, 0.25) is 0 Å². The highest BCUT2D eigenvalue weighted by molar-refractivity contribution is 6.04. The molecule has 2 N–H and O–H groups in total. The molecule has 8 nitrogen and oxygen atoms in total. The number of terminal acetylenes is 1. The van der Waals surface area contributed by atoms with Gasteiger partial charge in [0.05, 0.1) is 23.9 Å². The maximum absolute atomic E-state index is 16.8. The molecule has 47 heavy (non-hydrogen) atoms. The number of nitrogens with zero attached hydrogens (tertiary/aromatic N) is 4. The van der Waals surface area contributed by atoms with Crippen LogP contribution in [0, 0.1) is 29.4 Å². The van der Waals surface area contributed by atoms with Crippen LogP contribution in [0.15, 0.2) is 36.4 Å². The number of halogens is 2. The molecular weight excluding hydrogens is 602 g/mol.